The molecule has 2 fully saturated rings. The number of carbonyl (C=O) groups excluding carboxylic acids is 1. The van der Waals surface area contributed by atoms with Gasteiger partial charge in [0, 0.05) is 17.3 Å². The Balaban J connectivity index is 1.49. The van der Waals surface area contributed by atoms with Gasteiger partial charge in [0.15, 0.2) is 11.0 Å². The maximum Gasteiger partial charge on any atom is 0.459 e. The second-order valence-corrected chi connectivity index (χ2v) is 12.6. The highest BCUT2D eigenvalue weighted by Gasteiger charge is 2.54. The summed E-state index contributed by atoms with van der Waals surface area (Å²) in [5.41, 5.74) is -2.31. The number of ether oxygens (including phenoxy) is 2. The maximum absolute atomic E-state index is 13.9. The highest BCUT2D eigenvalue weighted by molar-refractivity contribution is 7.71. The molecule has 6 atom stereocenters. The van der Waals surface area contributed by atoms with E-state index in [1.54, 1.807) is 0 Å². The van der Waals surface area contributed by atoms with Crippen LogP contribution in [-0.2, 0) is 23.4 Å². The molecule has 1 aromatic heterocycles. The van der Waals surface area contributed by atoms with Gasteiger partial charge in [-0.15, -0.1) is 0 Å². The summed E-state index contributed by atoms with van der Waals surface area (Å²) in [4.78, 5) is 26.8. The topological polar surface area (TPSA) is 161 Å². The van der Waals surface area contributed by atoms with Crippen molar-refractivity contribution >= 4 is 37.5 Å². The van der Waals surface area contributed by atoms with Crippen LogP contribution in [0.4, 0.5) is 0 Å². The molecule has 15 heteroatoms. The molecule has 1 unspecified atom stereocenters. The van der Waals surface area contributed by atoms with Crippen LogP contribution in [-0.4, -0.2) is 62.3 Å². The molecule has 1 saturated heterocycles. The maximum atomic E-state index is 13.9. The molecule has 0 spiro atoms. The number of aliphatic hydroxyl groups is 2. The molecule has 4 N–H and O–H groups in total. The van der Waals surface area contributed by atoms with Crippen LogP contribution in [0.5, 0.6) is 5.75 Å². The van der Waals surface area contributed by atoms with Crippen molar-refractivity contribution in [2.24, 2.45) is 0 Å². The predicted octanol–water partition coefficient (Wildman–Crippen LogP) is 3.63. The van der Waals surface area contributed by atoms with E-state index in [0.29, 0.717) is 5.02 Å². The van der Waals surface area contributed by atoms with Gasteiger partial charge in [0.25, 0.3) is 5.56 Å². The largest absolute Gasteiger partial charge is 0.461 e. The van der Waals surface area contributed by atoms with Crippen LogP contribution < -0.4 is 15.2 Å². The van der Waals surface area contributed by atoms with Crippen LogP contribution in [0.1, 0.15) is 52.2 Å². The van der Waals surface area contributed by atoms with Gasteiger partial charge in [-0.1, -0.05) is 18.0 Å². The van der Waals surface area contributed by atoms with Crippen LogP contribution in [0, 0.1) is 4.77 Å². The van der Waals surface area contributed by atoms with Gasteiger partial charge in [0.05, 0.1) is 6.61 Å². The molecule has 2 aliphatic rings. The Kier molecular flexibility index (Phi) is 9.90. The first-order valence-electron chi connectivity index (χ1n) is 12.9. The lowest BCUT2D eigenvalue weighted by molar-refractivity contribution is -0.152. The highest BCUT2D eigenvalue weighted by atomic mass is 35.5. The summed E-state index contributed by atoms with van der Waals surface area (Å²) in [7, 11) is -4.29. The number of carbonyl (C=O) groups is 1. The minimum absolute atomic E-state index is 0.0322. The van der Waals surface area contributed by atoms with E-state index < -0.39 is 56.0 Å². The van der Waals surface area contributed by atoms with Crippen molar-refractivity contribution in [3.8, 4) is 5.75 Å². The van der Waals surface area contributed by atoms with E-state index >= 15 is 0 Å². The summed E-state index contributed by atoms with van der Waals surface area (Å²) in [6.07, 6.45) is 1.80. The molecule has 40 heavy (non-hydrogen) atoms. The molecule has 4 rings (SSSR count). The number of hydrogen-bond acceptors (Lipinski definition) is 10. The molecule has 0 amide bonds. The van der Waals surface area contributed by atoms with Crippen molar-refractivity contribution in [3.05, 3.63) is 56.7 Å². The Hall–Kier alpha value is -2.09. The first-order chi connectivity index (χ1) is 18.9. The van der Waals surface area contributed by atoms with Crippen molar-refractivity contribution < 1.29 is 38.1 Å². The fraction of sp³-hybridized carbons (Fsp3) is 0.560. The number of halogens is 1. The summed E-state index contributed by atoms with van der Waals surface area (Å²) in [6.45, 7) is 2.30. The first kappa shape index (κ1) is 30.9. The number of aromatic nitrogens is 2. The number of H-pyrrole nitrogens is 1. The van der Waals surface area contributed by atoms with Gasteiger partial charge in [0.2, 0.25) is 0 Å². The Bertz CT molecular complexity index is 1350. The van der Waals surface area contributed by atoms with Crippen molar-refractivity contribution in [2.75, 3.05) is 6.61 Å². The van der Waals surface area contributed by atoms with Gasteiger partial charge in [0.1, 0.15) is 35.7 Å². The summed E-state index contributed by atoms with van der Waals surface area (Å²) in [5.74, 6) is -0.464. The van der Waals surface area contributed by atoms with E-state index in [9.17, 15) is 24.4 Å². The van der Waals surface area contributed by atoms with Gasteiger partial charge in [-0.25, -0.2) is 4.57 Å². The molecule has 1 aliphatic carbocycles. The number of aromatic amines is 1. The van der Waals surface area contributed by atoms with E-state index in [2.05, 4.69) is 10.1 Å². The summed E-state index contributed by atoms with van der Waals surface area (Å²) >= 11 is 11.1. The van der Waals surface area contributed by atoms with Crippen LogP contribution in [0.3, 0.4) is 0 Å². The molecule has 1 aromatic carbocycles. The minimum atomic E-state index is -4.29. The highest BCUT2D eigenvalue weighted by Crippen LogP contribution is 2.47. The molecular weight excluding hydrogens is 585 g/mol. The van der Waals surface area contributed by atoms with E-state index in [1.165, 1.54) is 54.9 Å². The molecule has 2 aromatic rings. The number of rotatable bonds is 10. The van der Waals surface area contributed by atoms with Gasteiger partial charge >= 0.3 is 13.7 Å². The standard InChI is InChI=1S/C25H33ClN3O9PS/c1-15(22(32)36-17-6-4-3-5-7-17)28-39(34,38-18-10-8-16(26)9-11-18)35-14-19-21(31)25(2,33)23(37-19)29-13-12-20(30)27-24(29)40/h8-13,15,17,19,21,23,31,33H,3-7,14H2,1-2H3,(H,28,34)(H,27,30,40)/t15-,19+,21-,23+,25?,39-/m0/s1. The van der Waals surface area contributed by atoms with E-state index in [-0.39, 0.29) is 16.6 Å². The van der Waals surface area contributed by atoms with Crippen molar-refractivity contribution in [1.82, 2.24) is 14.6 Å². The zero-order chi connectivity index (χ0) is 29.1. The molecule has 1 saturated carbocycles. The Morgan fingerprint density at radius 2 is 1.98 bits per heavy atom. The number of aliphatic hydroxyl groups excluding tert-OH is 1. The fourth-order valence-electron chi connectivity index (χ4n) is 4.62. The van der Waals surface area contributed by atoms with Crippen LogP contribution in [0.15, 0.2) is 41.3 Å². The average molecular weight is 618 g/mol. The van der Waals surface area contributed by atoms with E-state index in [0.717, 1.165) is 32.1 Å². The van der Waals surface area contributed by atoms with E-state index in [4.69, 9.17) is 42.3 Å². The quantitative estimate of drug-likeness (QED) is 0.175. The fourth-order valence-corrected chi connectivity index (χ4v) is 6.51. The zero-order valence-corrected chi connectivity index (χ0v) is 24.5. The minimum Gasteiger partial charge on any atom is -0.461 e. The molecule has 12 nitrogen and oxygen atoms in total. The summed E-state index contributed by atoms with van der Waals surface area (Å²) in [6, 6.07) is 6.14. The molecule has 0 bridgehead atoms. The van der Waals surface area contributed by atoms with Crippen LogP contribution in [0.2, 0.25) is 5.02 Å². The second kappa shape index (κ2) is 12.8. The molecular formula is C25H33ClN3O9PS. The number of nitrogens with zero attached hydrogens (tertiary/aromatic N) is 1. The second-order valence-electron chi connectivity index (χ2n) is 10.1. The molecule has 0 radical (unpaired) electrons. The third-order valence-corrected chi connectivity index (χ3v) is 9.06. The van der Waals surface area contributed by atoms with Gasteiger partial charge < -0.3 is 24.2 Å². The van der Waals surface area contributed by atoms with Gasteiger partial charge in [-0.3, -0.25) is 23.7 Å². The number of benzene rings is 1. The monoisotopic (exact) mass is 617 g/mol. The lowest BCUT2D eigenvalue weighted by Gasteiger charge is -2.28. The summed E-state index contributed by atoms with van der Waals surface area (Å²) in [5, 5.41) is 24.9. The van der Waals surface area contributed by atoms with Gasteiger partial charge in [-0.2, -0.15) is 5.09 Å². The normalized spacial score (nSPS) is 27.6. The SMILES string of the molecule is C[C@H](N[P@](=O)(OC[C@H]1O[C@@H](n2ccc(=O)[nH]c2=S)C(C)(O)[C@H]1O)Oc1ccc(Cl)cc1)C(=O)OC1CCCCC1. The predicted molar refractivity (Wildman–Crippen MR) is 148 cm³/mol. The van der Waals surface area contributed by atoms with Crippen molar-refractivity contribution in [3.63, 3.8) is 0 Å². The Morgan fingerprint density at radius 3 is 2.62 bits per heavy atom. The smallest absolute Gasteiger partial charge is 0.459 e. The third-order valence-electron chi connectivity index (χ3n) is 6.85. The van der Waals surface area contributed by atoms with Crippen molar-refractivity contribution in [1.29, 1.82) is 0 Å². The summed E-state index contributed by atoms with van der Waals surface area (Å²) < 4.78 is 37.9. The first-order valence-corrected chi connectivity index (χ1v) is 15.3. The van der Waals surface area contributed by atoms with Crippen LogP contribution >= 0.6 is 31.6 Å². The average Bonchev–Trinajstić information content (AvgIpc) is 3.13. The Labute approximate surface area is 241 Å². The van der Waals surface area contributed by atoms with Crippen LogP contribution in [0.25, 0.3) is 0 Å². The zero-order valence-electron chi connectivity index (χ0n) is 22.0. The lowest BCUT2D eigenvalue weighted by atomic mass is 9.96. The molecule has 2 heterocycles. The van der Waals surface area contributed by atoms with E-state index in [1.807, 2.05) is 0 Å². The lowest BCUT2D eigenvalue weighted by Crippen LogP contribution is -2.45. The number of hydrogen-bond donors (Lipinski definition) is 4. The number of esters is 1. The molecule has 1 aliphatic heterocycles. The number of nitrogens with one attached hydrogen (secondary N) is 2. The Morgan fingerprint density at radius 1 is 1.30 bits per heavy atom. The van der Waals surface area contributed by atoms with Gasteiger partial charge in [-0.05, 0) is 76.0 Å². The van der Waals surface area contributed by atoms with Crippen molar-refractivity contribution in [2.45, 2.75) is 82.1 Å². The molecule has 220 valence electrons. The third kappa shape index (κ3) is 7.40.